The number of hydrogen-bond donors (Lipinski definition) is 1. The van der Waals surface area contributed by atoms with Crippen molar-refractivity contribution >= 4 is 0 Å². The Morgan fingerprint density at radius 1 is 1.50 bits per heavy atom. The van der Waals surface area contributed by atoms with Crippen LogP contribution in [0.1, 0.15) is 18.9 Å². The van der Waals surface area contributed by atoms with E-state index in [0.717, 1.165) is 38.2 Å². The van der Waals surface area contributed by atoms with E-state index in [1.54, 1.807) is 12.1 Å². The minimum absolute atomic E-state index is 0.170. The normalized spacial score (nSPS) is 21.9. The Kier molecular flexibility index (Phi) is 5.95. The predicted octanol–water partition coefficient (Wildman–Crippen LogP) is 2.07. The molecule has 0 bridgehead atoms. The minimum Gasteiger partial charge on any atom is -0.374 e. The van der Waals surface area contributed by atoms with Crippen molar-refractivity contribution in [2.75, 3.05) is 33.3 Å². The molecular formula is C16H25FN2O. The van der Waals surface area contributed by atoms with Gasteiger partial charge >= 0.3 is 0 Å². The van der Waals surface area contributed by atoms with Gasteiger partial charge in [0.25, 0.3) is 0 Å². The van der Waals surface area contributed by atoms with Gasteiger partial charge in [0.15, 0.2) is 0 Å². The molecule has 0 aromatic heterocycles. The molecule has 1 aliphatic heterocycles. The monoisotopic (exact) mass is 280 g/mol. The fourth-order valence-electron chi connectivity index (χ4n) is 2.83. The Balaban J connectivity index is 1.97. The number of likely N-dealkylation sites (N-methyl/N-ethyl adjacent to an activating group) is 1. The summed E-state index contributed by atoms with van der Waals surface area (Å²) >= 11 is 0. The fourth-order valence-corrected chi connectivity index (χ4v) is 2.83. The molecule has 1 saturated heterocycles. The summed E-state index contributed by atoms with van der Waals surface area (Å²) in [6.45, 7) is 6.07. The molecule has 1 heterocycles. The standard InChI is InChI=1S/C16H25FN2O/c1-3-7-19-8-9-20-16(12-19)15(18-2)11-13-5-4-6-14(17)10-13/h4-6,10,15-16,18H,3,7-9,11-12H2,1-2H3. The molecule has 3 nitrogen and oxygen atoms in total. The predicted molar refractivity (Wildman–Crippen MR) is 79.4 cm³/mol. The summed E-state index contributed by atoms with van der Waals surface area (Å²) in [6, 6.07) is 7.05. The van der Waals surface area contributed by atoms with Crippen molar-refractivity contribution in [3.63, 3.8) is 0 Å². The van der Waals surface area contributed by atoms with Crippen LogP contribution in [-0.4, -0.2) is 50.3 Å². The second kappa shape index (κ2) is 7.72. The van der Waals surface area contributed by atoms with Crippen molar-refractivity contribution in [2.45, 2.75) is 31.9 Å². The minimum atomic E-state index is -0.172. The Labute approximate surface area is 121 Å². The number of ether oxygens (including phenoxy) is 1. The first-order chi connectivity index (χ1) is 9.72. The first kappa shape index (κ1) is 15.4. The summed E-state index contributed by atoms with van der Waals surface area (Å²) < 4.78 is 19.2. The van der Waals surface area contributed by atoms with E-state index in [0.29, 0.717) is 0 Å². The van der Waals surface area contributed by atoms with Crippen LogP contribution in [0, 0.1) is 5.82 Å². The summed E-state index contributed by atoms with van der Waals surface area (Å²) in [5, 5.41) is 3.33. The molecule has 2 rings (SSSR count). The summed E-state index contributed by atoms with van der Waals surface area (Å²) in [5.41, 5.74) is 1.01. The molecule has 0 amide bonds. The molecular weight excluding hydrogens is 255 g/mol. The van der Waals surface area contributed by atoms with Crippen LogP contribution in [0.25, 0.3) is 0 Å². The molecule has 1 N–H and O–H groups in total. The second-order valence-electron chi connectivity index (χ2n) is 5.44. The maximum Gasteiger partial charge on any atom is 0.123 e. The van der Waals surface area contributed by atoms with Crippen molar-refractivity contribution in [2.24, 2.45) is 0 Å². The number of morpholine rings is 1. The fraction of sp³-hybridized carbons (Fsp3) is 0.625. The molecule has 0 saturated carbocycles. The van der Waals surface area contributed by atoms with E-state index in [-0.39, 0.29) is 18.0 Å². The van der Waals surface area contributed by atoms with E-state index in [2.05, 4.69) is 17.1 Å². The van der Waals surface area contributed by atoms with Crippen LogP contribution in [-0.2, 0) is 11.2 Å². The van der Waals surface area contributed by atoms with E-state index >= 15 is 0 Å². The third-order valence-electron chi connectivity index (χ3n) is 3.88. The van der Waals surface area contributed by atoms with Gasteiger partial charge in [0.2, 0.25) is 0 Å². The Hall–Kier alpha value is -0.970. The molecule has 0 radical (unpaired) electrons. The number of hydrogen-bond acceptors (Lipinski definition) is 3. The highest BCUT2D eigenvalue weighted by Crippen LogP contribution is 2.14. The molecule has 20 heavy (non-hydrogen) atoms. The van der Waals surface area contributed by atoms with Crippen molar-refractivity contribution in [3.05, 3.63) is 35.6 Å². The van der Waals surface area contributed by atoms with E-state index in [4.69, 9.17) is 4.74 Å². The zero-order valence-corrected chi connectivity index (χ0v) is 12.4. The van der Waals surface area contributed by atoms with Gasteiger partial charge in [0.05, 0.1) is 12.7 Å². The van der Waals surface area contributed by atoms with Gasteiger partial charge in [-0.25, -0.2) is 4.39 Å². The lowest BCUT2D eigenvalue weighted by molar-refractivity contribution is -0.0450. The zero-order valence-electron chi connectivity index (χ0n) is 12.4. The number of nitrogens with one attached hydrogen (secondary N) is 1. The van der Waals surface area contributed by atoms with Gasteiger partial charge < -0.3 is 10.1 Å². The van der Waals surface area contributed by atoms with Gasteiger partial charge in [0, 0.05) is 19.1 Å². The summed E-state index contributed by atoms with van der Waals surface area (Å²) in [6.07, 6.45) is 2.13. The van der Waals surface area contributed by atoms with E-state index < -0.39 is 0 Å². The topological polar surface area (TPSA) is 24.5 Å². The summed E-state index contributed by atoms with van der Waals surface area (Å²) in [5.74, 6) is -0.172. The maximum atomic E-state index is 13.3. The lowest BCUT2D eigenvalue weighted by atomic mass is 10.00. The van der Waals surface area contributed by atoms with Crippen molar-refractivity contribution in [1.29, 1.82) is 0 Å². The molecule has 112 valence electrons. The van der Waals surface area contributed by atoms with Crippen LogP contribution < -0.4 is 5.32 Å². The first-order valence-electron chi connectivity index (χ1n) is 7.48. The Morgan fingerprint density at radius 2 is 2.35 bits per heavy atom. The quantitative estimate of drug-likeness (QED) is 0.863. The summed E-state index contributed by atoms with van der Waals surface area (Å²) in [7, 11) is 1.95. The molecule has 1 aromatic rings. The van der Waals surface area contributed by atoms with E-state index in [1.165, 1.54) is 12.5 Å². The largest absolute Gasteiger partial charge is 0.374 e. The van der Waals surface area contributed by atoms with Crippen LogP contribution in [0.4, 0.5) is 4.39 Å². The highest BCUT2D eigenvalue weighted by atomic mass is 19.1. The van der Waals surface area contributed by atoms with Gasteiger partial charge in [-0.15, -0.1) is 0 Å². The number of nitrogens with zero attached hydrogens (tertiary/aromatic N) is 1. The maximum absolute atomic E-state index is 13.3. The van der Waals surface area contributed by atoms with Gasteiger partial charge in [-0.2, -0.15) is 0 Å². The average Bonchev–Trinajstić information content (AvgIpc) is 2.45. The lowest BCUT2D eigenvalue weighted by Gasteiger charge is -2.37. The van der Waals surface area contributed by atoms with Crippen LogP contribution in [0.2, 0.25) is 0 Å². The molecule has 0 spiro atoms. The third-order valence-corrected chi connectivity index (χ3v) is 3.88. The molecule has 2 atom stereocenters. The summed E-state index contributed by atoms with van der Waals surface area (Å²) in [4.78, 5) is 2.45. The SMILES string of the molecule is CCCN1CCOC(C(Cc2cccc(F)c2)NC)C1. The van der Waals surface area contributed by atoms with Crippen LogP contribution >= 0.6 is 0 Å². The van der Waals surface area contributed by atoms with Gasteiger partial charge in [-0.05, 0) is 44.1 Å². The zero-order chi connectivity index (χ0) is 14.4. The van der Waals surface area contributed by atoms with Gasteiger partial charge in [0.1, 0.15) is 5.82 Å². The second-order valence-corrected chi connectivity index (χ2v) is 5.44. The van der Waals surface area contributed by atoms with Crippen molar-refractivity contribution in [1.82, 2.24) is 10.2 Å². The number of rotatable bonds is 6. The average molecular weight is 280 g/mol. The highest BCUT2D eigenvalue weighted by molar-refractivity contribution is 5.18. The number of halogens is 1. The van der Waals surface area contributed by atoms with Crippen molar-refractivity contribution < 1.29 is 9.13 Å². The molecule has 0 aliphatic carbocycles. The van der Waals surface area contributed by atoms with Crippen LogP contribution in [0.5, 0.6) is 0 Å². The van der Waals surface area contributed by atoms with Crippen LogP contribution in [0.15, 0.2) is 24.3 Å². The molecule has 1 aliphatic rings. The van der Waals surface area contributed by atoms with Crippen LogP contribution in [0.3, 0.4) is 0 Å². The highest BCUT2D eigenvalue weighted by Gasteiger charge is 2.27. The molecule has 4 heteroatoms. The first-order valence-corrected chi connectivity index (χ1v) is 7.48. The number of benzene rings is 1. The van der Waals surface area contributed by atoms with E-state index in [9.17, 15) is 4.39 Å². The lowest BCUT2D eigenvalue weighted by Crippen LogP contribution is -2.52. The van der Waals surface area contributed by atoms with E-state index in [1.807, 2.05) is 13.1 Å². The van der Waals surface area contributed by atoms with Gasteiger partial charge in [-0.1, -0.05) is 19.1 Å². The Bertz CT molecular complexity index is 411. The Morgan fingerprint density at radius 3 is 3.05 bits per heavy atom. The molecule has 1 aromatic carbocycles. The van der Waals surface area contributed by atoms with Gasteiger partial charge in [-0.3, -0.25) is 4.90 Å². The van der Waals surface area contributed by atoms with Crippen molar-refractivity contribution in [3.8, 4) is 0 Å². The molecule has 1 fully saturated rings. The molecule has 2 unspecified atom stereocenters. The smallest absolute Gasteiger partial charge is 0.123 e. The third kappa shape index (κ3) is 4.27.